The predicted molar refractivity (Wildman–Crippen MR) is 102 cm³/mol. The van der Waals surface area contributed by atoms with Crippen molar-refractivity contribution in [3.8, 4) is 0 Å². The highest BCUT2D eigenvalue weighted by atomic mass is 16.5. The fourth-order valence-corrected chi connectivity index (χ4v) is 3.62. The largest absolute Gasteiger partial charge is 0.368 e. The number of carbonyl (C=O) groups excluding carboxylic acids is 1. The molecule has 1 amide bonds. The van der Waals surface area contributed by atoms with Crippen molar-refractivity contribution in [1.82, 2.24) is 20.3 Å². The van der Waals surface area contributed by atoms with E-state index in [4.69, 9.17) is 9.72 Å². The topological polar surface area (TPSA) is 80.2 Å². The number of morpholine rings is 1. The second-order valence-corrected chi connectivity index (χ2v) is 7.45. The first-order valence-electron chi connectivity index (χ1n) is 9.57. The Kier molecular flexibility index (Phi) is 5.03. The zero-order chi connectivity index (χ0) is 18.8. The fourth-order valence-electron chi connectivity index (χ4n) is 3.62. The third kappa shape index (κ3) is 3.78. The van der Waals surface area contributed by atoms with Crippen molar-refractivity contribution in [1.29, 1.82) is 0 Å². The molecule has 1 atom stereocenters. The number of amides is 1. The molecule has 2 aliphatic heterocycles. The Morgan fingerprint density at radius 2 is 2.22 bits per heavy atom. The molecule has 4 heterocycles. The van der Waals surface area contributed by atoms with Gasteiger partial charge in [-0.05, 0) is 24.5 Å². The summed E-state index contributed by atoms with van der Waals surface area (Å²) < 4.78 is 5.95. The molecule has 2 aliphatic rings. The van der Waals surface area contributed by atoms with Crippen LogP contribution >= 0.6 is 0 Å². The lowest BCUT2D eigenvalue weighted by Gasteiger charge is -2.35. The van der Waals surface area contributed by atoms with Crippen molar-refractivity contribution < 1.29 is 9.53 Å². The van der Waals surface area contributed by atoms with Gasteiger partial charge in [-0.25, -0.2) is 9.97 Å². The van der Waals surface area contributed by atoms with Crippen LogP contribution in [-0.2, 0) is 17.6 Å². The van der Waals surface area contributed by atoms with Gasteiger partial charge in [0.1, 0.15) is 23.4 Å². The van der Waals surface area contributed by atoms with Gasteiger partial charge < -0.3 is 15.0 Å². The fraction of sp³-hybridized carbons (Fsp3) is 0.500. The summed E-state index contributed by atoms with van der Waals surface area (Å²) in [6.07, 6.45) is 3.19. The molecular formula is C20H25N5O2. The molecule has 2 aromatic heterocycles. The molecule has 27 heavy (non-hydrogen) atoms. The van der Waals surface area contributed by atoms with E-state index in [0.717, 1.165) is 42.3 Å². The van der Waals surface area contributed by atoms with Gasteiger partial charge in [0.15, 0.2) is 0 Å². The second kappa shape index (κ2) is 7.60. The highest BCUT2D eigenvalue weighted by molar-refractivity contribution is 5.96. The quantitative estimate of drug-likeness (QED) is 0.889. The van der Waals surface area contributed by atoms with Crippen molar-refractivity contribution >= 4 is 11.7 Å². The number of hydrogen-bond donors (Lipinski definition) is 1. The first-order valence-corrected chi connectivity index (χ1v) is 9.57. The number of hydrogen-bond acceptors (Lipinski definition) is 6. The van der Waals surface area contributed by atoms with E-state index in [2.05, 4.69) is 34.0 Å². The lowest BCUT2D eigenvalue weighted by Crippen LogP contribution is -2.42. The number of carbonyl (C=O) groups is 1. The van der Waals surface area contributed by atoms with Crippen LogP contribution < -0.4 is 10.2 Å². The third-order valence-electron chi connectivity index (χ3n) is 4.88. The Morgan fingerprint density at radius 3 is 3.00 bits per heavy atom. The van der Waals surface area contributed by atoms with Crippen molar-refractivity contribution in [3.05, 3.63) is 47.2 Å². The van der Waals surface area contributed by atoms with E-state index in [1.807, 2.05) is 18.2 Å². The first kappa shape index (κ1) is 17.9. The molecule has 1 fully saturated rings. The number of pyridine rings is 1. The summed E-state index contributed by atoms with van der Waals surface area (Å²) in [4.78, 5) is 28.5. The number of nitrogens with zero attached hydrogens (tertiary/aromatic N) is 4. The number of anilines is 1. The van der Waals surface area contributed by atoms with Crippen molar-refractivity contribution in [2.75, 3.05) is 31.1 Å². The van der Waals surface area contributed by atoms with Crippen LogP contribution in [0.1, 0.15) is 47.5 Å². The van der Waals surface area contributed by atoms with Crippen LogP contribution in [0.4, 0.5) is 5.82 Å². The Hall–Kier alpha value is -2.54. The number of fused-ring (bicyclic) bond motifs is 1. The van der Waals surface area contributed by atoms with Crippen LogP contribution in [0.5, 0.6) is 0 Å². The highest BCUT2D eigenvalue weighted by Gasteiger charge is 2.30. The first-order chi connectivity index (χ1) is 13.1. The van der Waals surface area contributed by atoms with Crippen LogP contribution in [0, 0.1) is 5.92 Å². The lowest BCUT2D eigenvalue weighted by molar-refractivity contribution is 0.0367. The normalized spacial score (nSPS) is 19.7. The van der Waals surface area contributed by atoms with Crippen LogP contribution in [0.2, 0.25) is 0 Å². The SMILES string of the molecule is CC(C)Cc1nc2c(c(N3CCOC(c4ccccn4)C3)n1)CCNC2=O. The molecule has 0 aliphatic carbocycles. The van der Waals surface area contributed by atoms with E-state index in [9.17, 15) is 4.79 Å². The molecule has 7 nitrogen and oxygen atoms in total. The standard InChI is InChI=1S/C20H25N5O2/c1-13(2)11-17-23-18-14(6-8-22-20(18)26)19(24-17)25-9-10-27-16(12-25)15-5-3-4-7-21-15/h3-5,7,13,16H,6,8-12H2,1-2H3,(H,22,26). The van der Waals surface area contributed by atoms with Crippen molar-refractivity contribution in [3.63, 3.8) is 0 Å². The van der Waals surface area contributed by atoms with E-state index in [1.54, 1.807) is 6.20 Å². The van der Waals surface area contributed by atoms with Crippen LogP contribution in [-0.4, -0.2) is 47.1 Å². The monoisotopic (exact) mass is 367 g/mol. The molecule has 1 N–H and O–H groups in total. The lowest BCUT2D eigenvalue weighted by atomic mass is 10.0. The maximum atomic E-state index is 12.4. The number of nitrogens with one attached hydrogen (secondary N) is 1. The summed E-state index contributed by atoms with van der Waals surface area (Å²) in [5.41, 5.74) is 2.40. The van der Waals surface area contributed by atoms with Crippen LogP contribution in [0.3, 0.4) is 0 Å². The number of aromatic nitrogens is 3. The predicted octanol–water partition coefficient (Wildman–Crippen LogP) is 1.93. The molecular weight excluding hydrogens is 342 g/mol. The summed E-state index contributed by atoms with van der Waals surface area (Å²) >= 11 is 0. The van der Waals surface area contributed by atoms with Gasteiger partial charge >= 0.3 is 0 Å². The third-order valence-corrected chi connectivity index (χ3v) is 4.88. The van der Waals surface area contributed by atoms with Gasteiger partial charge in [-0.15, -0.1) is 0 Å². The smallest absolute Gasteiger partial charge is 0.270 e. The molecule has 0 saturated carbocycles. The van der Waals surface area contributed by atoms with E-state index < -0.39 is 0 Å². The molecule has 1 unspecified atom stereocenters. The molecule has 1 saturated heterocycles. The molecule has 0 bridgehead atoms. The summed E-state index contributed by atoms with van der Waals surface area (Å²) in [7, 11) is 0. The summed E-state index contributed by atoms with van der Waals surface area (Å²) in [6.45, 7) is 6.91. The van der Waals surface area contributed by atoms with Gasteiger partial charge in [0, 0.05) is 31.3 Å². The van der Waals surface area contributed by atoms with E-state index in [-0.39, 0.29) is 12.0 Å². The molecule has 0 radical (unpaired) electrons. The van der Waals surface area contributed by atoms with Crippen LogP contribution in [0.25, 0.3) is 0 Å². The van der Waals surface area contributed by atoms with E-state index in [1.165, 1.54) is 0 Å². The Morgan fingerprint density at radius 1 is 1.33 bits per heavy atom. The molecule has 4 rings (SSSR count). The summed E-state index contributed by atoms with van der Waals surface area (Å²) in [5, 5.41) is 2.90. The van der Waals surface area contributed by atoms with Gasteiger partial charge in [0.25, 0.3) is 5.91 Å². The second-order valence-electron chi connectivity index (χ2n) is 7.45. The molecule has 0 spiro atoms. The van der Waals surface area contributed by atoms with Gasteiger partial charge in [0.05, 0.1) is 18.8 Å². The molecule has 7 heteroatoms. The number of rotatable bonds is 4. The van der Waals surface area contributed by atoms with Gasteiger partial charge in [-0.1, -0.05) is 19.9 Å². The summed E-state index contributed by atoms with van der Waals surface area (Å²) in [6, 6.07) is 5.87. The van der Waals surface area contributed by atoms with Crippen LogP contribution in [0.15, 0.2) is 24.4 Å². The van der Waals surface area contributed by atoms with E-state index in [0.29, 0.717) is 31.3 Å². The average molecular weight is 367 g/mol. The van der Waals surface area contributed by atoms with Crippen molar-refractivity contribution in [2.45, 2.75) is 32.8 Å². The van der Waals surface area contributed by atoms with Gasteiger partial charge in [-0.2, -0.15) is 0 Å². The van der Waals surface area contributed by atoms with E-state index >= 15 is 0 Å². The number of ether oxygens (including phenoxy) is 1. The van der Waals surface area contributed by atoms with Gasteiger partial charge in [0.2, 0.25) is 0 Å². The maximum absolute atomic E-state index is 12.4. The zero-order valence-corrected chi connectivity index (χ0v) is 15.8. The minimum Gasteiger partial charge on any atom is -0.368 e. The molecule has 142 valence electrons. The summed E-state index contributed by atoms with van der Waals surface area (Å²) in [5.74, 6) is 1.94. The van der Waals surface area contributed by atoms with Gasteiger partial charge in [-0.3, -0.25) is 9.78 Å². The highest BCUT2D eigenvalue weighted by Crippen LogP contribution is 2.29. The average Bonchev–Trinajstić information content (AvgIpc) is 2.68. The Balaban J connectivity index is 1.69. The minimum atomic E-state index is -0.100. The molecule has 2 aromatic rings. The zero-order valence-electron chi connectivity index (χ0n) is 15.8. The Labute approximate surface area is 159 Å². The Bertz CT molecular complexity index is 825. The minimum absolute atomic E-state index is 0.0977. The van der Waals surface area contributed by atoms with Crippen molar-refractivity contribution in [2.24, 2.45) is 5.92 Å². The maximum Gasteiger partial charge on any atom is 0.270 e. The molecule has 0 aromatic carbocycles.